The third-order valence-electron chi connectivity index (χ3n) is 7.69. The minimum absolute atomic E-state index is 0. The van der Waals surface area contributed by atoms with Gasteiger partial charge in [-0.2, -0.15) is 0 Å². The Hall–Kier alpha value is -5.35. The van der Waals surface area contributed by atoms with Gasteiger partial charge < -0.3 is 18.8 Å². The summed E-state index contributed by atoms with van der Waals surface area (Å²) in [5.41, 5.74) is 9.40. The topological polar surface area (TPSA) is 52.1 Å². The fraction of sp³-hybridized carbons (Fsp3) is 0. The monoisotopic (exact) mass is 757 g/mol. The minimum Gasteiger partial charge on any atom is -0.456 e. The predicted molar refractivity (Wildman–Crippen MR) is 177 cm³/mol. The Labute approximate surface area is 273 Å². The van der Waals surface area contributed by atoms with E-state index in [-0.39, 0.29) is 20.1 Å². The van der Waals surface area contributed by atoms with Gasteiger partial charge in [-0.3, -0.25) is 0 Å². The molecule has 0 saturated heterocycles. The molecular formula is C40H24IrN2O2-2. The number of rotatable bonds is 3. The average Bonchev–Trinajstić information content (AvgIpc) is 3.66. The van der Waals surface area contributed by atoms with E-state index in [1.54, 1.807) is 6.20 Å². The third-order valence-corrected chi connectivity index (χ3v) is 7.69. The van der Waals surface area contributed by atoms with E-state index in [0.29, 0.717) is 0 Å². The van der Waals surface area contributed by atoms with Crippen molar-refractivity contribution in [3.05, 3.63) is 158 Å². The summed E-state index contributed by atoms with van der Waals surface area (Å²) in [4.78, 5) is 8.83. The van der Waals surface area contributed by atoms with Gasteiger partial charge >= 0.3 is 0 Å². The molecule has 0 atom stereocenters. The van der Waals surface area contributed by atoms with Crippen molar-refractivity contribution in [2.24, 2.45) is 0 Å². The zero-order chi connectivity index (χ0) is 29.3. The van der Waals surface area contributed by atoms with E-state index in [2.05, 4.69) is 58.5 Å². The molecule has 0 aliphatic heterocycles. The SMILES string of the molecule is [Ir].[c-]1ccccc1-c1cc(-c2c3c(cc4oc5ccccc5c24)oc2ccccc23)ccn1.[c-]1ccccc1-c1ccccn1. The number of nitrogens with zero attached hydrogens (tertiary/aromatic N) is 2. The summed E-state index contributed by atoms with van der Waals surface area (Å²) in [6.07, 6.45) is 3.65. The summed E-state index contributed by atoms with van der Waals surface area (Å²) < 4.78 is 12.5. The summed E-state index contributed by atoms with van der Waals surface area (Å²) in [5.74, 6) is 0. The molecule has 0 aliphatic carbocycles. The van der Waals surface area contributed by atoms with Crippen molar-refractivity contribution in [3.8, 4) is 33.6 Å². The van der Waals surface area contributed by atoms with Crippen molar-refractivity contribution in [3.63, 3.8) is 0 Å². The van der Waals surface area contributed by atoms with Gasteiger partial charge in [-0.1, -0.05) is 54.6 Å². The average molecular weight is 757 g/mol. The van der Waals surface area contributed by atoms with E-state index in [0.717, 1.165) is 77.5 Å². The van der Waals surface area contributed by atoms with Gasteiger partial charge in [0.1, 0.15) is 22.3 Å². The first kappa shape index (κ1) is 28.4. The second-order valence-electron chi connectivity index (χ2n) is 10.4. The third kappa shape index (κ3) is 5.33. The number of aromatic nitrogens is 2. The van der Waals surface area contributed by atoms with Crippen LogP contribution in [0.25, 0.3) is 77.5 Å². The first-order valence-corrected chi connectivity index (χ1v) is 14.4. The maximum Gasteiger partial charge on any atom is 0.139 e. The van der Waals surface area contributed by atoms with Crippen LogP contribution >= 0.6 is 0 Å². The van der Waals surface area contributed by atoms with Gasteiger partial charge in [0.25, 0.3) is 0 Å². The molecule has 1 radical (unpaired) electrons. The molecule has 0 saturated carbocycles. The number of benzene rings is 5. The van der Waals surface area contributed by atoms with E-state index in [4.69, 9.17) is 8.83 Å². The van der Waals surface area contributed by atoms with Gasteiger partial charge in [-0.25, -0.2) is 0 Å². The summed E-state index contributed by atoms with van der Waals surface area (Å²) in [6, 6.07) is 50.6. The van der Waals surface area contributed by atoms with Crippen molar-refractivity contribution in [2.45, 2.75) is 0 Å². The van der Waals surface area contributed by atoms with Crippen LogP contribution in [-0.2, 0) is 20.1 Å². The Morgan fingerprint density at radius 3 is 1.60 bits per heavy atom. The van der Waals surface area contributed by atoms with Crippen LogP contribution in [-0.4, -0.2) is 9.97 Å². The molecule has 5 aromatic carbocycles. The molecule has 4 nitrogen and oxygen atoms in total. The second kappa shape index (κ2) is 12.3. The molecular weight excluding hydrogens is 733 g/mol. The Bertz CT molecular complexity index is 2260. The van der Waals surface area contributed by atoms with E-state index < -0.39 is 0 Å². The first-order valence-electron chi connectivity index (χ1n) is 14.4. The Kier molecular flexibility index (Phi) is 7.79. The smallest absolute Gasteiger partial charge is 0.139 e. The number of para-hydroxylation sites is 2. The molecule has 0 spiro atoms. The van der Waals surface area contributed by atoms with Gasteiger partial charge in [0.15, 0.2) is 0 Å². The van der Waals surface area contributed by atoms with Crippen LogP contribution in [0.2, 0.25) is 0 Å². The molecule has 0 N–H and O–H groups in total. The first-order chi connectivity index (χ1) is 21.8. The van der Waals surface area contributed by atoms with Crippen LogP contribution in [0, 0.1) is 12.1 Å². The summed E-state index contributed by atoms with van der Waals surface area (Å²) in [5, 5.41) is 4.37. The number of fused-ring (bicyclic) bond motifs is 6. The molecule has 0 aliphatic rings. The zero-order valence-corrected chi connectivity index (χ0v) is 26.3. The van der Waals surface area contributed by atoms with Crippen LogP contribution in [0.3, 0.4) is 0 Å². The van der Waals surface area contributed by atoms with Crippen molar-refractivity contribution < 1.29 is 28.9 Å². The molecule has 217 valence electrons. The number of pyridine rings is 2. The quantitative estimate of drug-likeness (QED) is 0.169. The largest absolute Gasteiger partial charge is 0.456 e. The molecule has 4 aromatic heterocycles. The maximum atomic E-state index is 6.25. The number of furan rings is 2. The standard InChI is InChI=1S/C29H16NO2.C11H8N.Ir/c1-2-8-18(9-3-1)22-16-19(14-15-30-22)27-28-20-10-4-6-12-23(20)31-25(28)17-26-29(27)21-11-5-7-13-24(21)32-26;1-2-6-10(7-3-1)11-8-4-5-9-12-11;/h1-8,10-17H;1-6,8-9H;/q2*-1;. The van der Waals surface area contributed by atoms with Gasteiger partial charge in [0, 0.05) is 65.7 Å². The number of hydrogen-bond donors (Lipinski definition) is 0. The fourth-order valence-corrected chi connectivity index (χ4v) is 5.74. The minimum atomic E-state index is 0. The van der Waals surface area contributed by atoms with Crippen LogP contribution in [0.15, 0.2) is 155 Å². The van der Waals surface area contributed by atoms with E-state index in [9.17, 15) is 0 Å². The second-order valence-corrected chi connectivity index (χ2v) is 10.4. The van der Waals surface area contributed by atoms with E-state index >= 15 is 0 Å². The van der Waals surface area contributed by atoms with Crippen LogP contribution in [0.1, 0.15) is 0 Å². The molecule has 4 heterocycles. The van der Waals surface area contributed by atoms with Gasteiger partial charge in [0.05, 0.1) is 0 Å². The zero-order valence-electron chi connectivity index (χ0n) is 23.9. The Morgan fingerprint density at radius 1 is 0.467 bits per heavy atom. The number of hydrogen-bond acceptors (Lipinski definition) is 4. The Morgan fingerprint density at radius 2 is 1.02 bits per heavy atom. The maximum absolute atomic E-state index is 6.25. The van der Waals surface area contributed by atoms with Gasteiger partial charge in [-0.05, 0) is 41.2 Å². The summed E-state index contributed by atoms with van der Waals surface area (Å²) in [6.45, 7) is 0. The summed E-state index contributed by atoms with van der Waals surface area (Å²) >= 11 is 0. The molecule has 45 heavy (non-hydrogen) atoms. The van der Waals surface area contributed by atoms with Crippen molar-refractivity contribution >= 4 is 43.9 Å². The van der Waals surface area contributed by atoms with Crippen molar-refractivity contribution in [1.29, 1.82) is 0 Å². The van der Waals surface area contributed by atoms with Crippen molar-refractivity contribution in [2.75, 3.05) is 0 Å². The Balaban J connectivity index is 0.000000211. The molecule has 9 rings (SSSR count). The summed E-state index contributed by atoms with van der Waals surface area (Å²) in [7, 11) is 0. The molecule has 0 unspecified atom stereocenters. The van der Waals surface area contributed by atoms with E-state index in [1.165, 1.54) is 0 Å². The van der Waals surface area contributed by atoms with E-state index in [1.807, 2.05) is 103 Å². The molecule has 0 bridgehead atoms. The van der Waals surface area contributed by atoms with Gasteiger partial charge in [-0.15, -0.1) is 71.8 Å². The molecule has 5 heteroatoms. The fourth-order valence-electron chi connectivity index (χ4n) is 5.74. The van der Waals surface area contributed by atoms with Gasteiger partial charge in [0.2, 0.25) is 0 Å². The molecule has 9 aromatic rings. The van der Waals surface area contributed by atoms with Crippen LogP contribution in [0.5, 0.6) is 0 Å². The predicted octanol–water partition coefficient (Wildman–Crippen LogP) is 10.6. The van der Waals surface area contributed by atoms with Crippen molar-refractivity contribution in [1.82, 2.24) is 9.97 Å². The molecule has 0 amide bonds. The van der Waals surface area contributed by atoms with Crippen LogP contribution in [0.4, 0.5) is 0 Å². The normalized spacial score (nSPS) is 10.9. The molecule has 0 fully saturated rings. The van der Waals surface area contributed by atoms with Crippen LogP contribution < -0.4 is 0 Å².